The lowest BCUT2D eigenvalue weighted by molar-refractivity contribution is -0.149. The van der Waals surface area contributed by atoms with E-state index in [0.717, 1.165) is 6.42 Å². The zero-order chi connectivity index (χ0) is 12.1. The summed E-state index contributed by atoms with van der Waals surface area (Å²) in [6.07, 6.45) is 1.59. The minimum absolute atomic E-state index is 0.0871. The minimum Gasteiger partial charge on any atom is -0.481 e. The van der Waals surface area contributed by atoms with Gasteiger partial charge in [-0.1, -0.05) is 6.92 Å². The predicted molar refractivity (Wildman–Crippen MR) is 58.0 cm³/mol. The lowest BCUT2D eigenvalue weighted by atomic mass is 9.98. The zero-order valence-corrected chi connectivity index (χ0v) is 9.81. The molecule has 0 spiro atoms. The minimum atomic E-state index is -0.817. The summed E-state index contributed by atoms with van der Waals surface area (Å²) in [5.41, 5.74) is 0. The number of carbonyl (C=O) groups excluding carboxylic acids is 1. The van der Waals surface area contributed by atoms with Crippen LogP contribution in [0.1, 0.15) is 26.2 Å². The fourth-order valence-corrected chi connectivity index (χ4v) is 2.02. The standard InChI is InChI=1S/C11H19NO4/c1-3-9(16-2)10(13)12-6-4-5-8(7-12)11(14)15/h8-9H,3-7H2,1-2H3,(H,14,15)/t8-,9?/m0/s1. The number of piperidine rings is 1. The SMILES string of the molecule is CCC(OC)C(=O)N1CCC[C@H](C(=O)O)C1. The van der Waals surface area contributed by atoms with Crippen LogP contribution in [-0.2, 0) is 14.3 Å². The molecule has 1 aliphatic heterocycles. The quantitative estimate of drug-likeness (QED) is 0.772. The van der Waals surface area contributed by atoms with Gasteiger partial charge in [0.15, 0.2) is 0 Å². The topological polar surface area (TPSA) is 66.8 Å². The monoisotopic (exact) mass is 229 g/mol. The molecule has 1 unspecified atom stereocenters. The van der Waals surface area contributed by atoms with Crippen LogP contribution in [-0.4, -0.2) is 48.2 Å². The van der Waals surface area contributed by atoms with Gasteiger partial charge < -0.3 is 14.7 Å². The highest BCUT2D eigenvalue weighted by molar-refractivity contribution is 5.82. The fraction of sp³-hybridized carbons (Fsp3) is 0.818. The second-order valence-electron chi connectivity index (χ2n) is 4.09. The van der Waals surface area contributed by atoms with Crippen LogP contribution in [0.3, 0.4) is 0 Å². The third kappa shape index (κ3) is 2.95. The third-order valence-corrected chi connectivity index (χ3v) is 3.01. The van der Waals surface area contributed by atoms with Crippen molar-refractivity contribution in [2.24, 2.45) is 5.92 Å². The van der Waals surface area contributed by atoms with Crippen LogP contribution >= 0.6 is 0 Å². The van der Waals surface area contributed by atoms with Crippen molar-refractivity contribution in [2.75, 3.05) is 20.2 Å². The molecule has 0 aromatic carbocycles. The maximum Gasteiger partial charge on any atom is 0.308 e. The van der Waals surface area contributed by atoms with E-state index in [-0.39, 0.29) is 5.91 Å². The molecule has 1 rings (SSSR count). The molecule has 1 N–H and O–H groups in total. The highest BCUT2D eigenvalue weighted by atomic mass is 16.5. The summed E-state index contributed by atoms with van der Waals surface area (Å²) in [5, 5.41) is 8.92. The molecule has 1 fully saturated rings. The first-order valence-electron chi connectivity index (χ1n) is 5.64. The molecule has 0 bridgehead atoms. The molecule has 0 saturated carbocycles. The average Bonchev–Trinajstić information content (AvgIpc) is 2.30. The highest BCUT2D eigenvalue weighted by Gasteiger charge is 2.30. The Bertz CT molecular complexity index is 263. The van der Waals surface area contributed by atoms with Gasteiger partial charge in [-0.2, -0.15) is 0 Å². The smallest absolute Gasteiger partial charge is 0.308 e. The number of carboxylic acid groups (broad SMARTS) is 1. The number of hydrogen-bond donors (Lipinski definition) is 1. The first kappa shape index (κ1) is 13.0. The van der Waals surface area contributed by atoms with Crippen LogP contribution < -0.4 is 0 Å². The summed E-state index contributed by atoms with van der Waals surface area (Å²) < 4.78 is 5.07. The normalized spacial score (nSPS) is 22.9. The number of aliphatic carboxylic acids is 1. The lowest BCUT2D eigenvalue weighted by Gasteiger charge is -2.32. The van der Waals surface area contributed by atoms with Crippen molar-refractivity contribution in [3.63, 3.8) is 0 Å². The summed E-state index contributed by atoms with van der Waals surface area (Å²) >= 11 is 0. The predicted octanol–water partition coefficient (Wildman–Crippen LogP) is 0.735. The molecule has 0 radical (unpaired) electrons. The largest absolute Gasteiger partial charge is 0.481 e. The molecule has 2 atom stereocenters. The fourth-order valence-electron chi connectivity index (χ4n) is 2.02. The molecule has 0 aromatic rings. The molecule has 1 aliphatic rings. The van der Waals surface area contributed by atoms with E-state index in [1.807, 2.05) is 6.92 Å². The second-order valence-corrected chi connectivity index (χ2v) is 4.09. The van der Waals surface area contributed by atoms with Gasteiger partial charge in [-0.05, 0) is 19.3 Å². The van der Waals surface area contributed by atoms with Crippen LogP contribution in [0.25, 0.3) is 0 Å². The van der Waals surface area contributed by atoms with E-state index in [9.17, 15) is 9.59 Å². The molecule has 0 aliphatic carbocycles. The molecule has 0 aromatic heterocycles. The van der Waals surface area contributed by atoms with Crippen molar-refractivity contribution in [1.82, 2.24) is 4.90 Å². The molecule has 5 heteroatoms. The number of rotatable bonds is 4. The van der Waals surface area contributed by atoms with Gasteiger partial charge in [-0.15, -0.1) is 0 Å². The number of amides is 1. The Balaban J connectivity index is 2.59. The summed E-state index contributed by atoms with van der Waals surface area (Å²) in [7, 11) is 1.50. The Kier molecular flexibility index (Phi) is 4.73. The molecule has 5 nitrogen and oxygen atoms in total. The van der Waals surface area contributed by atoms with Crippen LogP contribution in [0.15, 0.2) is 0 Å². The summed E-state index contributed by atoms with van der Waals surface area (Å²) in [4.78, 5) is 24.4. The maximum atomic E-state index is 11.9. The van der Waals surface area contributed by atoms with E-state index >= 15 is 0 Å². The number of carbonyl (C=O) groups is 2. The van der Waals surface area contributed by atoms with E-state index in [2.05, 4.69) is 0 Å². The van der Waals surface area contributed by atoms with Gasteiger partial charge in [0.2, 0.25) is 0 Å². The van der Waals surface area contributed by atoms with Gasteiger partial charge in [-0.3, -0.25) is 9.59 Å². The molecule has 92 valence electrons. The Morgan fingerprint density at radius 1 is 1.56 bits per heavy atom. The van der Waals surface area contributed by atoms with Gasteiger partial charge in [0.25, 0.3) is 5.91 Å². The van der Waals surface area contributed by atoms with E-state index < -0.39 is 18.0 Å². The lowest BCUT2D eigenvalue weighted by Crippen LogP contribution is -2.46. The highest BCUT2D eigenvalue weighted by Crippen LogP contribution is 2.18. The van der Waals surface area contributed by atoms with Crippen molar-refractivity contribution < 1.29 is 19.4 Å². The third-order valence-electron chi connectivity index (χ3n) is 3.01. The molecule has 16 heavy (non-hydrogen) atoms. The second kappa shape index (κ2) is 5.84. The Morgan fingerprint density at radius 3 is 2.75 bits per heavy atom. The van der Waals surface area contributed by atoms with Crippen LogP contribution in [0.5, 0.6) is 0 Å². The van der Waals surface area contributed by atoms with Crippen molar-refractivity contribution in [3.05, 3.63) is 0 Å². The summed E-state index contributed by atoms with van der Waals surface area (Å²) in [5.74, 6) is -1.33. The summed E-state index contributed by atoms with van der Waals surface area (Å²) in [6, 6.07) is 0. The van der Waals surface area contributed by atoms with E-state index in [0.29, 0.717) is 25.9 Å². The molecule has 1 amide bonds. The van der Waals surface area contributed by atoms with Crippen molar-refractivity contribution in [2.45, 2.75) is 32.3 Å². The number of likely N-dealkylation sites (tertiary alicyclic amines) is 1. The molecule has 1 heterocycles. The molecular weight excluding hydrogens is 210 g/mol. The van der Waals surface area contributed by atoms with Crippen LogP contribution in [0.2, 0.25) is 0 Å². The van der Waals surface area contributed by atoms with Gasteiger partial charge in [0.1, 0.15) is 6.10 Å². The van der Waals surface area contributed by atoms with Crippen LogP contribution in [0.4, 0.5) is 0 Å². The van der Waals surface area contributed by atoms with Crippen LogP contribution in [0, 0.1) is 5.92 Å². The Hall–Kier alpha value is -1.10. The number of hydrogen-bond acceptors (Lipinski definition) is 3. The Morgan fingerprint density at radius 2 is 2.25 bits per heavy atom. The van der Waals surface area contributed by atoms with E-state index in [1.165, 1.54) is 7.11 Å². The maximum absolute atomic E-state index is 11.9. The number of carboxylic acids is 1. The zero-order valence-electron chi connectivity index (χ0n) is 9.81. The van der Waals surface area contributed by atoms with E-state index in [4.69, 9.17) is 9.84 Å². The summed E-state index contributed by atoms with van der Waals surface area (Å²) in [6.45, 7) is 2.83. The van der Waals surface area contributed by atoms with Gasteiger partial charge >= 0.3 is 5.97 Å². The van der Waals surface area contributed by atoms with Crippen molar-refractivity contribution >= 4 is 11.9 Å². The molecular formula is C11H19NO4. The van der Waals surface area contributed by atoms with E-state index in [1.54, 1.807) is 4.90 Å². The Labute approximate surface area is 95.4 Å². The van der Waals surface area contributed by atoms with Crippen molar-refractivity contribution in [1.29, 1.82) is 0 Å². The number of nitrogens with zero attached hydrogens (tertiary/aromatic N) is 1. The first-order chi connectivity index (χ1) is 7.60. The number of ether oxygens (including phenoxy) is 1. The first-order valence-corrected chi connectivity index (χ1v) is 5.64. The molecule has 1 saturated heterocycles. The van der Waals surface area contributed by atoms with Crippen molar-refractivity contribution in [3.8, 4) is 0 Å². The van der Waals surface area contributed by atoms with Gasteiger partial charge in [-0.25, -0.2) is 0 Å². The van der Waals surface area contributed by atoms with Gasteiger partial charge in [0, 0.05) is 20.2 Å². The average molecular weight is 229 g/mol. The van der Waals surface area contributed by atoms with Gasteiger partial charge in [0.05, 0.1) is 5.92 Å². The number of methoxy groups -OCH3 is 1.